The first-order chi connectivity index (χ1) is 9.74. The van der Waals surface area contributed by atoms with Crippen molar-refractivity contribution in [3.8, 4) is 0 Å². The number of likely N-dealkylation sites (N-methyl/N-ethyl adjacent to an activating group) is 1. The number of ether oxygens (including phenoxy) is 2. The molecule has 2 heterocycles. The Labute approximate surface area is 121 Å². The first-order valence-electron chi connectivity index (χ1n) is 7.71. The number of rotatable bonds is 7. The van der Waals surface area contributed by atoms with Crippen LogP contribution in [0.2, 0.25) is 0 Å². The van der Waals surface area contributed by atoms with Crippen molar-refractivity contribution in [3.05, 3.63) is 18.0 Å². The summed E-state index contributed by atoms with van der Waals surface area (Å²) in [6.07, 6.45) is 4.17. The van der Waals surface area contributed by atoms with Gasteiger partial charge in [0.25, 0.3) is 0 Å². The second-order valence-corrected chi connectivity index (χ2v) is 5.40. The lowest BCUT2D eigenvalue weighted by Crippen LogP contribution is -2.48. The molecule has 1 aliphatic rings. The largest absolute Gasteiger partial charge is 0.376 e. The van der Waals surface area contributed by atoms with Gasteiger partial charge >= 0.3 is 0 Å². The molecule has 20 heavy (non-hydrogen) atoms. The SMILES string of the molecule is CCNC(Cc1ccn(C(C)CC)n1)C1COCCO1. The minimum absolute atomic E-state index is 0.123. The van der Waals surface area contributed by atoms with E-state index in [0.717, 1.165) is 25.1 Å². The summed E-state index contributed by atoms with van der Waals surface area (Å²) in [5, 5.41) is 8.18. The maximum atomic E-state index is 5.82. The third-order valence-corrected chi connectivity index (χ3v) is 3.89. The maximum absolute atomic E-state index is 5.82. The van der Waals surface area contributed by atoms with Crippen LogP contribution in [0.5, 0.6) is 0 Å². The van der Waals surface area contributed by atoms with Crippen LogP contribution in [0.15, 0.2) is 12.3 Å². The van der Waals surface area contributed by atoms with Crippen molar-refractivity contribution in [2.45, 2.75) is 51.8 Å². The fourth-order valence-electron chi connectivity index (χ4n) is 2.48. The Balaban J connectivity index is 1.97. The maximum Gasteiger partial charge on any atom is 0.0965 e. The summed E-state index contributed by atoms with van der Waals surface area (Å²) < 4.78 is 13.4. The summed E-state index contributed by atoms with van der Waals surface area (Å²) in [7, 11) is 0. The molecule has 0 aliphatic carbocycles. The van der Waals surface area contributed by atoms with Gasteiger partial charge in [-0.25, -0.2) is 0 Å². The molecule has 0 aromatic carbocycles. The minimum atomic E-state index is 0.123. The van der Waals surface area contributed by atoms with Crippen LogP contribution in [0.3, 0.4) is 0 Å². The molecule has 1 aliphatic heterocycles. The Morgan fingerprint density at radius 3 is 2.95 bits per heavy atom. The van der Waals surface area contributed by atoms with Crippen LogP contribution < -0.4 is 5.32 Å². The number of aromatic nitrogens is 2. The standard InChI is InChI=1S/C15H27N3O2/c1-4-12(3)18-7-6-13(17-18)10-14(16-5-2)15-11-19-8-9-20-15/h6-7,12,14-16H,4-5,8-11H2,1-3H3. The van der Waals surface area contributed by atoms with Crippen LogP contribution >= 0.6 is 0 Å². The van der Waals surface area contributed by atoms with Gasteiger partial charge in [-0.3, -0.25) is 4.68 Å². The highest BCUT2D eigenvalue weighted by Crippen LogP contribution is 2.13. The fourth-order valence-corrected chi connectivity index (χ4v) is 2.48. The Morgan fingerprint density at radius 2 is 2.30 bits per heavy atom. The Hall–Kier alpha value is -0.910. The molecule has 0 spiro atoms. The van der Waals surface area contributed by atoms with Crippen molar-refractivity contribution in [1.29, 1.82) is 0 Å². The summed E-state index contributed by atoms with van der Waals surface area (Å²) in [4.78, 5) is 0. The molecule has 114 valence electrons. The summed E-state index contributed by atoms with van der Waals surface area (Å²) >= 11 is 0. The zero-order valence-electron chi connectivity index (χ0n) is 12.8. The number of hydrogen-bond acceptors (Lipinski definition) is 4. The lowest BCUT2D eigenvalue weighted by atomic mass is 10.1. The first kappa shape index (κ1) is 15.5. The first-order valence-corrected chi connectivity index (χ1v) is 7.71. The molecule has 1 fully saturated rings. The number of nitrogens with zero attached hydrogens (tertiary/aromatic N) is 2. The zero-order valence-corrected chi connectivity index (χ0v) is 12.8. The summed E-state index contributed by atoms with van der Waals surface area (Å²) in [5.41, 5.74) is 1.12. The van der Waals surface area contributed by atoms with E-state index in [1.54, 1.807) is 0 Å². The molecule has 5 heteroatoms. The van der Waals surface area contributed by atoms with Gasteiger partial charge in [0.15, 0.2) is 0 Å². The summed E-state index contributed by atoms with van der Waals surface area (Å²) in [5.74, 6) is 0. The monoisotopic (exact) mass is 281 g/mol. The van der Waals surface area contributed by atoms with Crippen molar-refractivity contribution in [2.24, 2.45) is 0 Å². The van der Waals surface area contributed by atoms with Gasteiger partial charge in [-0.05, 0) is 26.0 Å². The van der Waals surface area contributed by atoms with E-state index in [1.807, 2.05) is 0 Å². The van der Waals surface area contributed by atoms with Gasteiger partial charge in [0, 0.05) is 24.7 Å². The molecule has 0 amide bonds. The van der Waals surface area contributed by atoms with Crippen molar-refractivity contribution in [1.82, 2.24) is 15.1 Å². The van der Waals surface area contributed by atoms with Gasteiger partial charge < -0.3 is 14.8 Å². The van der Waals surface area contributed by atoms with Crippen molar-refractivity contribution < 1.29 is 9.47 Å². The topological polar surface area (TPSA) is 48.3 Å². The summed E-state index contributed by atoms with van der Waals surface area (Å²) in [6.45, 7) is 9.48. The lowest BCUT2D eigenvalue weighted by Gasteiger charge is -2.30. The predicted molar refractivity (Wildman–Crippen MR) is 79.0 cm³/mol. The van der Waals surface area contributed by atoms with Gasteiger partial charge in [-0.15, -0.1) is 0 Å². The minimum Gasteiger partial charge on any atom is -0.376 e. The molecule has 0 bridgehead atoms. The molecule has 1 aromatic heterocycles. The van der Waals surface area contributed by atoms with E-state index in [-0.39, 0.29) is 12.1 Å². The van der Waals surface area contributed by atoms with Crippen LogP contribution in [-0.4, -0.2) is 48.3 Å². The van der Waals surface area contributed by atoms with Crippen molar-refractivity contribution in [3.63, 3.8) is 0 Å². The van der Waals surface area contributed by atoms with E-state index in [2.05, 4.69) is 48.1 Å². The molecule has 3 unspecified atom stereocenters. The van der Waals surface area contributed by atoms with Gasteiger partial charge in [0.2, 0.25) is 0 Å². The average Bonchev–Trinajstić information content (AvgIpc) is 2.95. The zero-order chi connectivity index (χ0) is 14.4. The fraction of sp³-hybridized carbons (Fsp3) is 0.800. The molecular formula is C15H27N3O2. The lowest BCUT2D eigenvalue weighted by molar-refractivity contribution is -0.101. The molecule has 1 saturated heterocycles. The molecule has 1 aromatic rings. The summed E-state index contributed by atoms with van der Waals surface area (Å²) in [6, 6.07) is 2.83. The molecule has 0 saturated carbocycles. The van der Waals surface area contributed by atoms with Crippen LogP contribution in [0, 0.1) is 0 Å². The molecular weight excluding hydrogens is 254 g/mol. The number of hydrogen-bond donors (Lipinski definition) is 1. The van der Waals surface area contributed by atoms with E-state index in [1.165, 1.54) is 0 Å². The second kappa shape index (κ2) is 7.76. The Bertz CT molecular complexity index is 388. The van der Waals surface area contributed by atoms with E-state index in [9.17, 15) is 0 Å². The molecule has 5 nitrogen and oxygen atoms in total. The number of nitrogens with one attached hydrogen (secondary N) is 1. The Morgan fingerprint density at radius 1 is 1.45 bits per heavy atom. The van der Waals surface area contributed by atoms with Crippen molar-refractivity contribution in [2.75, 3.05) is 26.4 Å². The highest BCUT2D eigenvalue weighted by molar-refractivity contribution is 5.03. The molecule has 0 radical (unpaired) electrons. The smallest absolute Gasteiger partial charge is 0.0965 e. The Kier molecular flexibility index (Phi) is 6.01. The highest BCUT2D eigenvalue weighted by Gasteiger charge is 2.25. The van der Waals surface area contributed by atoms with Gasteiger partial charge in [-0.1, -0.05) is 13.8 Å². The normalized spacial score (nSPS) is 22.6. The van der Waals surface area contributed by atoms with Crippen molar-refractivity contribution >= 4 is 0 Å². The van der Waals surface area contributed by atoms with Crippen LogP contribution in [0.1, 0.15) is 38.9 Å². The predicted octanol–water partition coefficient (Wildman–Crippen LogP) is 1.79. The third kappa shape index (κ3) is 4.04. The highest BCUT2D eigenvalue weighted by atomic mass is 16.6. The second-order valence-electron chi connectivity index (χ2n) is 5.40. The van der Waals surface area contributed by atoms with E-state index in [4.69, 9.17) is 9.47 Å². The van der Waals surface area contributed by atoms with E-state index < -0.39 is 0 Å². The quantitative estimate of drug-likeness (QED) is 0.828. The average molecular weight is 281 g/mol. The van der Waals surface area contributed by atoms with E-state index >= 15 is 0 Å². The van der Waals surface area contributed by atoms with Gasteiger partial charge in [0.1, 0.15) is 0 Å². The van der Waals surface area contributed by atoms with Crippen LogP contribution in [-0.2, 0) is 15.9 Å². The molecule has 3 atom stereocenters. The molecule has 2 rings (SSSR count). The molecule has 1 N–H and O–H groups in total. The van der Waals surface area contributed by atoms with Crippen LogP contribution in [0.25, 0.3) is 0 Å². The van der Waals surface area contributed by atoms with Gasteiger partial charge in [0.05, 0.1) is 31.6 Å². The third-order valence-electron chi connectivity index (χ3n) is 3.89. The van der Waals surface area contributed by atoms with Gasteiger partial charge in [-0.2, -0.15) is 5.10 Å². The van der Waals surface area contributed by atoms with E-state index in [0.29, 0.717) is 25.9 Å². The van der Waals surface area contributed by atoms with Crippen LogP contribution in [0.4, 0.5) is 0 Å².